The van der Waals surface area contributed by atoms with E-state index in [0.717, 1.165) is 25.1 Å². The van der Waals surface area contributed by atoms with Gasteiger partial charge in [-0.3, -0.25) is 4.79 Å². The molecule has 4 nitrogen and oxygen atoms in total. The molecule has 0 bridgehead atoms. The molecule has 0 aromatic carbocycles. The van der Waals surface area contributed by atoms with Crippen LogP contribution in [-0.4, -0.2) is 23.3 Å². The molecule has 19 heavy (non-hydrogen) atoms. The van der Waals surface area contributed by atoms with Gasteiger partial charge in [-0.2, -0.15) is 0 Å². The summed E-state index contributed by atoms with van der Waals surface area (Å²) < 4.78 is 7.18. The summed E-state index contributed by atoms with van der Waals surface area (Å²) in [5.74, 6) is 0. The second-order valence-corrected chi connectivity index (χ2v) is 5.66. The summed E-state index contributed by atoms with van der Waals surface area (Å²) >= 11 is 0. The van der Waals surface area contributed by atoms with E-state index in [1.165, 1.54) is 0 Å². The van der Waals surface area contributed by atoms with Gasteiger partial charge in [-0.05, 0) is 39.7 Å². The van der Waals surface area contributed by atoms with Gasteiger partial charge in [0.05, 0.1) is 11.3 Å². The van der Waals surface area contributed by atoms with Gasteiger partial charge < -0.3 is 14.6 Å². The van der Waals surface area contributed by atoms with E-state index in [1.807, 2.05) is 12.3 Å². The average molecular weight is 266 g/mol. The molecule has 0 aliphatic rings. The first-order chi connectivity index (χ1) is 8.88. The van der Waals surface area contributed by atoms with Gasteiger partial charge in [0.1, 0.15) is 0 Å². The van der Waals surface area contributed by atoms with Crippen molar-refractivity contribution in [3.8, 4) is 0 Å². The number of nitrogens with zero attached hydrogens (tertiary/aromatic N) is 1. The zero-order valence-corrected chi connectivity index (χ0v) is 12.7. The predicted octanol–water partition coefficient (Wildman–Crippen LogP) is 2.87. The largest absolute Gasteiger partial charge is 0.381 e. The second kappa shape index (κ2) is 6.75. The van der Waals surface area contributed by atoms with Crippen LogP contribution in [0.2, 0.25) is 0 Å². The summed E-state index contributed by atoms with van der Waals surface area (Å²) in [7, 11) is 1.73. The minimum absolute atomic E-state index is 0.0530. The van der Waals surface area contributed by atoms with Crippen LogP contribution in [0.15, 0.2) is 23.1 Å². The first-order valence-electron chi connectivity index (χ1n) is 6.90. The molecule has 1 unspecified atom stereocenters. The van der Waals surface area contributed by atoms with Crippen LogP contribution in [-0.2, 0) is 11.3 Å². The maximum Gasteiger partial charge on any atom is 0.250 e. The molecule has 1 N–H and O–H groups in total. The van der Waals surface area contributed by atoms with Crippen molar-refractivity contribution in [2.75, 3.05) is 12.4 Å². The zero-order valence-electron chi connectivity index (χ0n) is 12.7. The lowest BCUT2D eigenvalue weighted by Gasteiger charge is -2.27. The fraction of sp³-hybridized carbons (Fsp3) is 0.667. The Hall–Kier alpha value is -1.29. The van der Waals surface area contributed by atoms with Crippen LogP contribution in [0.5, 0.6) is 0 Å². The molecule has 0 spiro atoms. The highest BCUT2D eigenvalue weighted by atomic mass is 16.5. The van der Waals surface area contributed by atoms with Gasteiger partial charge in [0.15, 0.2) is 0 Å². The minimum atomic E-state index is -0.149. The van der Waals surface area contributed by atoms with Crippen LogP contribution in [0.25, 0.3) is 0 Å². The minimum Gasteiger partial charge on any atom is -0.381 e. The summed E-state index contributed by atoms with van der Waals surface area (Å²) in [6, 6.07) is 3.74. The van der Waals surface area contributed by atoms with Crippen molar-refractivity contribution in [1.29, 1.82) is 0 Å². The number of aromatic nitrogens is 1. The number of rotatable bonds is 7. The maximum atomic E-state index is 11.6. The van der Waals surface area contributed by atoms with Crippen molar-refractivity contribution in [3.05, 3.63) is 28.7 Å². The number of aryl methyl sites for hydroxylation is 1. The van der Waals surface area contributed by atoms with Crippen LogP contribution in [0, 0.1) is 0 Å². The lowest BCUT2D eigenvalue weighted by atomic mass is 10.00. The summed E-state index contributed by atoms with van der Waals surface area (Å²) in [6.07, 6.45) is 3.74. The molecule has 0 amide bonds. The van der Waals surface area contributed by atoms with Gasteiger partial charge >= 0.3 is 0 Å². The average Bonchev–Trinajstić information content (AvgIpc) is 2.33. The van der Waals surface area contributed by atoms with Crippen LogP contribution >= 0.6 is 0 Å². The van der Waals surface area contributed by atoms with Crippen molar-refractivity contribution < 1.29 is 4.74 Å². The van der Waals surface area contributed by atoms with Gasteiger partial charge in [0, 0.05) is 32.0 Å². The van der Waals surface area contributed by atoms with Crippen molar-refractivity contribution in [1.82, 2.24) is 4.57 Å². The van der Waals surface area contributed by atoms with E-state index in [0.29, 0.717) is 0 Å². The Bertz CT molecular complexity index is 452. The van der Waals surface area contributed by atoms with Crippen molar-refractivity contribution in [3.63, 3.8) is 0 Å². The van der Waals surface area contributed by atoms with Gasteiger partial charge in [0.2, 0.25) is 0 Å². The zero-order chi connectivity index (χ0) is 14.5. The van der Waals surface area contributed by atoms with E-state index in [9.17, 15) is 4.79 Å². The fourth-order valence-corrected chi connectivity index (χ4v) is 2.19. The van der Waals surface area contributed by atoms with E-state index in [2.05, 4.69) is 33.0 Å². The monoisotopic (exact) mass is 266 g/mol. The van der Waals surface area contributed by atoms with Crippen LogP contribution in [0.4, 0.5) is 5.69 Å². The molecule has 0 saturated carbocycles. The normalized spacial score (nSPS) is 13.3. The molecule has 1 aromatic rings. The maximum absolute atomic E-state index is 11.6. The first-order valence-corrected chi connectivity index (χ1v) is 6.90. The highest BCUT2D eigenvalue weighted by molar-refractivity contribution is 5.41. The smallest absolute Gasteiger partial charge is 0.250 e. The topological polar surface area (TPSA) is 43.3 Å². The second-order valence-electron chi connectivity index (χ2n) is 5.66. The molecule has 0 saturated heterocycles. The van der Waals surface area contributed by atoms with E-state index in [4.69, 9.17) is 4.74 Å². The third-order valence-corrected chi connectivity index (χ3v) is 3.21. The summed E-state index contributed by atoms with van der Waals surface area (Å²) in [5, 5.41) is 3.42. The highest BCUT2D eigenvalue weighted by Gasteiger charge is 2.20. The van der Waals surface area contributed by atoms with Crippen molar-refractivity contribution >= 4 is 5.69 Å². The molecule has 0 radical (unpaired) electrons. The number of ether oxygens (including phenoxy) is 1. The molecular formula is C15H26N2O2. The third-order valence-electron chi connectivity index (χ3n) is 3.21. The number of anilines is 1. The van der Waals surface area contributed by atoms with E-state index in [1.54, 1.807) is 17.7 Å². The Labute approximate surface area is 115 Å². The van der Waals surface area contributed by atoms with Gasteiger partial charge in [-0.1, -0.05) is 6.92 Å². The van der Waals surface area contributed by atoms with Crippen molar-refractivity contribution in [2.24, 2.45) is 0 Å². The van der Waals surface area contributed by atoms with E-state index in [-0.39, 0.29) is 17.2 Å². The standard InChI is InChI=1S/C15H26N2O2/c1-6-9-17-11-13(7-8-14(17)18)16-12(2)10-15(3,4)19-5/h7-8,11-12,16H,6,9-10H2,1-5H3. The lowest BCUT2D eigenvalue weighted by Crippen LogP contribution is -2.31. The number of methoxy groups -OCH3 is 1. The van der Waals surface area contributed by atoms with E-state index < -0.39 is 0 Å². The number of hydrogen-bond acceptors (Lipinski definition) is 3. The van der Waals surface area contributed by atoms with Gasteiger partial charge in [-0.15, -0.1) is 0 Å². The van der Waals surface area contributed by atoms with Crippen molar-refractivity contribution in [2.45, 2.75) is 58.7 Å². The van der Waals surface area contributed by atoms with E-state index >= 15 is 0 Å². The predicted molar refractivity (Wildman–Crippen MR) is 79.8 cm³/mol. The molecular weight excluding hydrogens is 240 g/mol. The molecule has 1 heterocycles. The van der Waals surface area contributed by atoms with Crippen LogP contribution in [0.3, 0.4) is 0 Å². The Kier molecular flexibility index (Phi) is 5.60. The molecule has 0 fully saturated rings. The quantitative estimate of drug-likeness (QED) is 0.825. The molecule has 0 aliphatic heterocycles. The SMILES string of the molecule is CCCn1cc(NC(C)CC(C)(C)OC)ccc1=O. The molecule has 108 valence electrons. The Morgan fingerprint density at radius 1 is 1.42 bits per heavy atom. The number of pyridine rings is 1. The highest BCUT2D eigenvalue weighted by Crippen LogP contribution is 2.18. The summed E-state index contributed by atoms with van der Waals surface area (Å²) in [5.41, 5.74) is 0.884. The van der Waals surface area contributed by atoms with Crippen LogP contribution in [0.1, 0.15) is 40.5 Å². The molecule has 1 rings (SSSR count). The Morgan fingerprint density at radius 3 is 2.68 bits per heavy atom. The molecule has 1 aromatic heterocycles. The lowest BCUT2D eigenvalue weighted by molar-refractivity contribution is 0.0128. The number of hydrogen-bond donors (Lipinski definition) is 1. The molecule has 4 heteroatoms. The first kappa shape index (κ1) is 15.8. The Balaban J connectivity index is 2.71. The van der Waals surface area contributed by atoms with Crippen LogP contribution < -0.4 is 10.9 Å². The fourth-order valence-electron chi connectivity index (χ4n) is 2.19. The Morgan fingerprint density at radius 2 is 2.11 bits per heavy atom. The van der Waals surface area contributed by atoms with Gasteiger partial charge in [0.25, 0.3) is 5.56 Å². The summed E-state index contributed by atoms with van der Waals surface area (Å²) in [4.78, 5) is 11.6. The van der Waals surface area contributed by atoms with Gasteiger partial charge in [-0.25, -0.2) is 0 Å². The molecule has 1 atom stereocenters. The molecule has 0 aliphatic carbocycles. The third kappa shape index (κ3) is 5.07. The number of nitrogens with one attached hydrogen (secondary N) is 1. The summed E-state index contributed by atoms with van der Waals surface area (Å²) in [6.45, 7) is 9.09.